The van der Waals surface area contributed by atoms with E-state index in [9.17, 15) is 0 Å². The highest BCUT2D eigenvalue weighted by Gasteiger charge is 2.28. The molecule has 0 radical (unpaired) electrons. The predicted octanol–water partition coefficient (Wildman–Crippen LogP) is 2.22. The van der Waals surface area contributed by atoms with Gasteiger partial charge in [-0.2, -0.15) is 0 Å². The molecule has 1 N–H and O–H groups in total. The molecule has 13 heavy (non-hydrogen) atoms. The number of anilines is 1. The fraction of sp³-hybridized carbons (Fsp3) is 0.600. The molecule has 1 aliphatic carbocycles. The van der Waals surface area contributed by atoms with Crippen molar-refractivity contribution in [1.29, 1.82) is 0 Å². The van der Waals surface area contributed by atoms with Gasteiger partial charge in [-0.05, 0) is 25.8 Å². The lowest BCUT2D eigenvalue weighted by molar-refractivity contribution is 0.531. The Kier molecular flexibility index (Phi) is 2.17. The third-order valence-electron chi connectivity index (χ3n) is 2.72. The van der Waals surface area contributed by atoms with Gasteiger partial charge in [0.2, 0.25) is 0 Å². The van der Waals surface area contributed by atoms with Gasteiger partial charge in [-0.25, -0.2) is 9.97 Å². The summed E-state index contributed by atoms with van der Waals surface area (Å²) in [5, 5.41) is 3.47. The van der Waals surface area contributed by atoms with Crippen LogP contribution in [0.3, 0.4) is 0 Å². The number of aromatic nitrogens is 2. The summed E-state index contributed by atoms with van der Waals surface area (Å²) >= 11 is 0. The predicted molar refractivity (Wildman–Crippen MR) is 52.5 cm³/mol. The van der Waals surface area contributed by atoms with E-state index in [1.807, 2.05) is 6.07 Å². The van der Waals surface area contributed by atoms with E-state index >= 15 is 0 Å². The fourth-order valence-corrected chi connectivity index (χ4v) is 1.95. The molecule has 0 atom stereocenters. The van der Waals surface area contributed by atoms with Crippen LogP contribution in [0.1, 0.15) is 32.6 Å². The number of hydrogen-bond acceptors (Lipinski definition) is 3. The van der Waals surface area contributed by atoms with Crippen LogP contribution in [0.4, 0.5) is 5.82 Å². The van der Waals surface area contributed by atoms with Gasteiger partial charge in [0.25, 0.3) is 0 Å². The zero-order valence-electron chi connectivity index (χ0n) is 7.95. The Balaban J connectivity index is 2.05. The van der Waals surface area contributed by atoms with Crippen molar-refractivity contribution in [3.05, 3.63) is 18.6 Å². The van der Waals surface area contributed by atoms with Gasteiger partial charge in [-0.3, -0.25) is 0 Å². The van der Waals surface area contributed by atoms with Gasteiger partial charge in [-0.1, -0.05) is 12.8 Å². The first-order valence-electron chi connectivity index (χ1n) is 4.83. The van der Waals surface area contributed by atoms with Gasteiger partial charge in [0.05, 0.1) is 0 Å². The van der Waals surface area contributed by atoms with Crippen molar-refractivity contribution in [1.82, 2.24) is 9.97 Å². The Bertz CT molecular complexity index is 265. The van der Waals surface area contributed by atoms with Gasteiger partial charge in [0, 0.05) is 11.7 Å². The summed E-state index contributed by atoms with van der Waals surface area (Å²) in [5.41, 5.74) is 0.258. The summed E-state index contributed by atoms with van der Waals surface area (Å²) in [6, 6.07) is 1.92. The Morgan fingerprint density at radius 2 is 2.15 bits per heavy atom. The van der Waals surface area contributed by atoms with Crippen molar-refractivity contribution in [3.8, 4) is 0 Å². The highest BCUT2D eigenvalue weighted by molar-refractivity contribution is 5.35. The van der Waals surface area contributed by atoms with Crippen LogP contribution in [-0.2, 0) is 0 Å². The van der Waals surface area contributed by atoms with Gasteiger partial charge in [0.1, 0.15) is 12.1 Å². The Hall–Kier alpha value is -1.12. The number of nitrogens with one attached hydrogen (secondary N) is 1. The molecular weight excluding hydrogens is 162 g/mol. The Morgan fingerprint density at radius 1 is 1.38 bits per heavy atom. The van der Waals surface area contributed by atoms with Crippen LogP contribution in [0.15, 0.2) is 18.6 Å². The van der Waals surface area contributed by atoms with Crippen molar-refractivity contribution in [2.24, 2.45) is 0 Å². The molecule has 0 saturated heterocycles. The minimum absolute atomic E-state index is 0.258. The fourth-order valence-electron chi connectivity index (χ4n) is 1.95. The summed E-state index contributed by atoms with van der Waals surface area (Å²) in [6.45, 7) is 2.27. The largest absolute Gasteiger partial charge is 0.365 e. The molecular formula is C10H15N3. The summed E-state index contributed by atoms with van der Waals surface area (Å²) in [4.78, 5) is 8.06. The Morgan fingerprint density at radius 3 is 2.77 bits per heavy atom. The molecule has 0 amide bonds. The third kappa shape index (κ3) is 1.97. The quantitative estimate of drug-likeness (QED) is 0.752. The van der Waals surface area contributed by atoms with Gasteiger partial charge in [0.15, 0.2) is 0 Å². The van der Waals surface area contributed by atoms with Crippen LogP contribution >= 0.6 is 0 Å². The van der Waals surface area contributed by atoms with Crippen LogP contribution in [0.25, 0.3) is 0 Å². The zero-order chi connectivity index (χ0) is 9.15. The van der Waals surface area contributed by atoms with E-state index in [4.69, 9.17) is 0 Å². The molecule has 3 heteroatoms. The Labute approximate surface area is 78.6 Å². The van der Waals surface area contributed by atoms with Crippen LogP contribution in [-0.4, -0.2) is 15.5 Å². The van der Waals surface area contributed by atoms with Crippen molar-refractivity contribution in [3.63, 3.8) is 0 Å². The second-order valence-corrected chi connectivity index (χ2v) is 3.99. The van der Waals surface area contributed by atoms with E-state index in [0.717, 1.165) is 5.82 Å². The molecule has 3 nitrogen and oxygen atoms in total. The maximum atomic E-state index is 4.17. The van der Waals surface area contributed by atoms with Crippen molar-refractivity contribution < 1.29 is 0 Å². The van der Waals surface area contributed by atoms with Gasteiger partial charge in [-0.15, -0.1) is 0 Å². The molecule has 70 valence electrons. The van der Waals surface area contributed by atoms with Crippen LogP contribution in [0.5, 0.6) is 0 Å². The van der Waals surface area contributed by atoms with Crippen molar-refractivity contribution >= 4 is 5.82 Å². The lowest BCUT2D eigenvalue weighted by Crippen LogP contribution is -2.31. The molecule has 1 heterocycles. The molecule has 1 fully saturated rings. The third-order valence-corrected chi connectivity index (χ3v) is 2.72. The maximum Gasteiger partial charge on any atom is 0.129 e. The maximum absolute atomic E-state index is 4.17. The zero-order valence-corrected chi connectivity index (χ0v) is 7.95. The molecule has 2 rings (SSSR count). The van der Waals surface area contributed by atoms with Crippen molar-refractivity contribution in [2.45, 2.75) is 38.1 Å². The van der Waals surface area contributed by atoms with E-state index in [2.05, 4.69) is 22.2 Å². The molecule has 1 aliphatic rings. The van der Waals surface area contributed by atoms with Gasteiger partial charge < -0.3 is 5.32 Å². The van der Waals surface area contributed by atoms with E-state index < -0.39 is 0 Å². The number of rotatable bonds is 2. The van der Waals surface area contributed by atoms with E-state index in [-0.39, 0.29) is 5.54 Å². The first kappa shape index (κ1) is 8.48. The van der Waals surface area contributed by atoms with E-state index in [1.54, 1.807) is 12.5 Å². The topological polar surface area (TPSA) is 37.8 Å². The molecule has 0 aliphatic heterocycles. The lowest BCUT2D eigenvalue weighted by Gasteiger charge is -2.25. The molecule has 1 saturated carbocycles. The summed E-state index contributed by atoms with van der Waals surface area (Å²) in [5.74, 6) is 0.944. The second kappa shape index (κ2) is 3.32. The lowest BCUT2D eigenvalue weighted by atomic mass is 10.0. The first-order chi connectivity index (χ1) is 6.29. The monoisotopic (exact) mass is 177 g/mol. The molecule has 1 aromatic heterocycles. The number of nitrogens with zero attached hydrogens (tertiary/aromatic N) is 2. The first-order valence-corrected chi connectivity index (χ1v) is 4.83. The summed E-state index contributed by atoms with van der Waals surface area (Å²) in [7, 11) is 0. The molecule has 0 aromatic carbocycles. The summed E-state index contributed by atoms with van der Waals surface area (Å²) in [6.07, 6.45) is 8.51. The van der Waals surface area contributed by atoms with E-state index in [0.29, 0.717) is 0 Å². The van der Waals surface area contributed by atoms with Crippen LogP contribution < -0.4 is 5.32 Å². The normalized spacial score (nSPS) is 20.1. The molecule has 0 bridgehead atoms. The smallest absolute Gasteiger partial charge is 0.129 e. The minimum atomic E-state index is 0.258. The van der Waals surface area contributed by atoms with E-state index in [1.165, 1.54) is 25.7 Å². The van der Waals surface area contributed by atoms with Gasteiger partial charge >= 0.3 is 0 Å². The molecule has 1 aromatic rings. The standard InChI is InChI=1S/C10H15N3/c1-10(5-2-3-6-10)13-9-4-7-11-8-12-9/h4,7-8H,2-3,5-6H2,1H3,(H,11,12,13). The minimum Gasteiger partial charge on any atom is -0.365 e. The highest BCUT2D eigenvalue weighted by Crippen LogP contribution is 2.31. The number of hydrogen-bond donors (Lipinski definition) is 1. The average Bonchev–Trinajstić information content (AvgIpc) is 2.54. The van der Waals surface area contributed by atoms with Crippen LogP contribution in [0, 0.1) is 0 Å². The second-order valence-electron chi connectivity index (χ2n) is 3.99. The van der Waals surface area contributed by atoms with Crippen molar-refractivity contribution in [2.75, 3.05) is 5.32 Å². The molecule has 0 unspecified atom stereocenters. The highest BCUT2D eigenvalue weighted by atomic mass is 15.1. The summed E-state index contributed by atoms with van der Waals surface area (Å²) < 4.78 is 0. The average molecular weight is 177 g/mol. The molecule has 0 spiro atoms. The SMILES string of the molecule is CC1(Nc2ccncn2)CCCC1. The van der Waals surface area contributed by atoms with Crippen LogP contribution in [0.2, 0.25) is 0 Å².